The van der Waals surface area contributed by atoms with Crippen LogP contribution in [0.3, 0.4) is 0 Å². The molecule has 3 aliphatic rings. The van der Waals surface area contributed by atoms with Gasteiger partial charge in [-0.15, -0.1) is 4.28 Å². The molecule has 3 rings (SSSR count). The zero-order chi connectivity index (χ0) is 21.4. The predicted octanol–water partition coefficient (Wildman–Crippen LogP) is 1.05. The predicted molar refractivity (Wildman–Crippen MR) is 99.2 cm³/mol. The number of urea groups is 1. The number of fused-ring (bicyclic) bond motifs is 2. The zero-order valence-corrected chi connectivity index (χ0v) is 17.3. The number of hydrogen-bond acceptors (Lipinski definition) is 8. The largest absolute Gasteiger partial charge is 0.444 e. The topological polar surface area (TPSA) is 147 Å². The van der Waals surface area contributed by atoms with Crippen molar-refractivity contribution in [2.24, 2.45) is 5.16 Å². The van der Waals surface area contributed by atoms with Crippen LogP contribution in [0.1, 0.15) is 46.5 Å². The lowest BCUT2D eigenvalue weighted by atomic mass is 9.94. The molecular weight excluding hydrogens is 408 g/mol. The van der Waals surface area contributed by atoms with Crippen molar-refractivity contribution in [3.63, 3.8) is 0 Å². The first kappa shape index (κ1) is 21.6. The number of nitrogens with one attached hydrogen (secondary N) is 1. The van der Waals surface area contributed by atoms with E-state index in [4.69, 9.17) is 14.1 Å². The number of carbonyl (C=O) groups is 2. The maximum absolute atomic E-state index is 12.5. The van der Waals surface area contributed by atoms with Gasteiger partial charge in [0, 0.05) is 25.9 Å². The van der Waals surface area contributed by atoms with Gasteiger partial charge in [0.05, 0.1) is 17.8 Å². The molecule has 2 bridgehead atoms. The van der Waals surface area contributed by atoms with Crippen LogP contribution in [0.25, 0.3) is 0 Å². The normalized spacial score (nSPS) is 27.0. The Kier molecular flexibility index (Phi) is 5.92. The number of rotatable bonds is 6. The summed E-state index contributed by atoms with van der Waals surface area (Å²) in [6.45, 7) is 5.98. The molecule has 2 fully saturated rings. The quantitative estimate of drug-likeness (QED) is 0.590. The van der Waals surface area contributed by atoms with E-state index in [0.717, 1.165) is 0 Å². The fourth-order valence-electron chi connectivity index (χ4n) is 3.63. The van der Waals surface area contributed by atoms with Gasteiger partial charge in [0.2, 0.25) is 0 Å². The fourth-order valence-corrected chi connectivity index (χ4v) is 4.02. The number of hydrogen-bond donors (Lipinski definition) is 2. The summed E-state index contributed by atoms with van der Waals surface area (Å²) >= 11 is 0. The monoisotopic (exact) mass is 434 g/mol. The van der Waals surface area contributed by atoms with E-state index < -0.39 is 34.2 Å². The first-order valence-corrected chi connectivity index (χ1v) is 10.8. The molecule has 29 heavy (non-hydrogen) atoms. The minimum absolute atomic E-state index is 0.236. The van der Waals surface area contributed by atoms with E-state index >= 15 is 0 Å². The molecule has 0 radical (unpaired) electrons. The van der Waals surface area contributed by atoms with Gasteiger partial charge in [0.1, 0.15) is 11.7 Å². The van der Waals surface area contributed by atoms with Gasteiger partial charge in [0.25, 0.3) is 0 Å². The van der Waals surface area contributed by atoms with Crippen molar-refractivity contribution in [1.29, 1.82) is 0 Å². The summed E-state index contributed by atoms with van der Waals surface area (Å²) in [4.78, 5) is 31.0. The molecule has 0 aromatic heterocycles. The van der Waals surface area contributed by atoms with Crippen LogP contribution in [-0.2, 0) is 24.3 Å². The Morgan fingerprint density at radius 2 is 2.10 bits per heavy atom. The summed E-state index contributed by atoms with van der Waals surface area (Å²) in [5, 5.41) is 7.46. The third-order valence-corrected chi connectivity index (χ3v) is 5.12. The standard InChI is InChI=1S/C16H26N4O8S/c1-16(2,3)26-14(21)17-7-6-11-8-12(18-27-11)13-5-4-10-9-19(13)15(22)20(10)28-29(23,24)25/h10-11,13H,4-9H2,1-3H3,(H,17,21)(H,23,24,25)/t10-,11?,13+/m1/s1. The van der Waals surface area contributed by atoms with Gasteiger partial charge in [-0.3, -0.25) is 4.55 Å². The van der Waals surface area contributed by atoms with E-state index in [1.54, 1.807) is 20.8 Å². The summed E-state index contributed by atoms with van der Waals surface area (Å²) in [6.07, 6.45) is 1.36. The van der Waals surface area contributed by atoms with Crippen LogP contribution in [0.2, 0.25) is 0 Å². The van der Waals surface area contributed by atoms with E-state index in [2.05, 4.69) is 14.8 Å². The average Bonchev–Trinajstić information content (AvgIpc) is 3.12. The first-order valence-electron chi connectivity index (χ1n) is 9.39. The van der Waals surface area contributed by atoms with Crippen LogP contribution in [0.5, 0.6) is 0 Å². The number of nitrogens with zero attached hydrogens (tertiary/aromatic N) is 3. The molecule has 3 atom stereocenters. The highest BCUT2D eigenvalue weighted by atomic mass is 32.3. The van der Waals surface area contributed by atoms with E-state index in [1.165, 1.54) is 4.90 Å². The SMILES string of the molecule is CC(C)(C)OC(=O)NCCC1CC([C@@H]2CC[C@@H]3CN2C(=O)N3OS(=O)(=O)O)=NO1. The summed E-state index contributed by atoms with van der Waals surface area (Å²) in [5.41, 5.74) is 0.117. The number of hydroxylamine groups is 2. The van der Waals surface area contributed by atoms with E-state index in [1.807, 2.05) is 0 Å². The van der Waals surface area contributed by atoms with Gasteiger partial charge >= 0.3 is 22.5 Å². The smallest absolute Gasteiger partial charge is 0.418 e. The van der Waals surface area contributed by atoms with E-state index in [0.29, 0.717) is 43.0 Å². The van der Waals surface area contributed by atoms with Gasteiger partial charge in [-0.05, 0) is 33.6 Å². The molecule has 3 heterocycles. The number of amides is 3. The molecule has 0 aromatic carbocycles. The molecule has 3 amide bonds. The van der Waals surface area contributed by atoms with Crippen molar-refractivity contribution in [2.75, 3.05) is 13.1 Å². The third kappa shape index (κ3) is 5.48. The second-order valence-electron chi connectivity index (χ2n) is 8.24. The molecular formula is C16H26N4O8S. The molecule has 0 saturated carbocycles. The highest BCUT2D eigenvalue weighted by Gasteiger charge is 2.49. The Hall–Kier alpha value is -2.12. The van der Waals surface area contributed by atoms with Crippen LogP contribution in [0, 0.1) is 0 Å². The van der Waals surface area contributed by atoms with Gasteiger partial charge in [-0.1, -0.05) is 5.16 Å². The Morgan fingerprint density at radius 3 is 2.76 bits per heavy atom. The maximum Gasteiger partial charge on any atom is 0.418 e. The van der Waals surface area contributed by atoms with Crippen LogP contribution in [-0.4, -0.2) is 77.6 Å². The summed E-state index contributed by atoms with van der Waals surface area (Å²) in [6, 6.07) is -1.40. The summed E-state index contributed by atoms with van der Waals surface area (Å²) in [5.74, 6) is 0. The van der Waals surface area contributed by atoms with Crippen LogP contribution in [0.4, 0.5) is 9.59 Å². The molecule has 2 saturated heterocycles. The molecule has 13 heteroatoms. The van der Waals surface area contributed by atoms with Crippen LogP contribution >= 0.6 is 0 Å². The minimum atomic E-state index is -4.77. The summed E-state index contributed by atoms with van der Waals surface area (Å²) in [7, 11) is -4.77. The molecule has 1 unspecified atom stereocenters. The van der Waals surface area contributed by atoms with Crippen molar-refractivity contribution >= 4 is 28.2 Å². The fraction of sp³-hybridized carbons (Fsp3) is 0.812. The minimum Gasteiger partial charge on any atom is -0.444 e. The lowest BCUT2D eigenvalue weighted by Crippen LogP contribution is -2.45. The summed E-state index contributed by atoms with van der Waals surface area (Å²) < 4.78 is 40.4. The Morgan fingerprint density at radius 1 is 1.38 bits per heavy atom. The van der Waals surface area contributed by atoms with Crippen molar-refractivity contribution in [3.8, 4) is 0 Å². The van der Waals surface area contributed by atoms with Gasteiger partial charge in [-0.2, -0.15) is 13.5 Å². The maximum atomic E-state index is 12.5. The number of ether oxygens (including phenoxy) is 1. The molecule has 0 aromatic rings. The molecule has 0 aliphatic carbocycles. The zero-order valence-electron chi connectivity index (χ0n) is 16.5. The Balaban J connectivity index is 1.48. The highest BCUT2D eigenvalue weighted by Crippen LogP contribution is 2.33. The Bertz CT molecular complexity index is 793. The number of piperidine rings is 1. The van der Waals surface area contributed by atoms with E-state index in [-0.39, 0.29) is 18.7 Å². The lowest BCUT2D eigenvalue weighted by Gasteiger charge is -2.29. The molecule has 164 valence electrons. The second-order valence-corrected chi connectivity index (χ2v) is 9.25. The number of carbonyl (C=O) groups excluding carboxylic acids is 2. The molecule has 3 aliphatic heterocycles. The lowest BCUT2D eigenvalue weighted by molar-refractivity contribution is -0.0316. The Labute approximate surface area is 169 Å². The van der Waals surface area contributed by atoms with Crippen LogP contribution < -0.4 is 5.32 Å². The van der Waals surface area contributed by atoms with E-state index in [9.17, 15) is 18.0 Å². The first-order chi connectivity index (χ1) is 13.4. The van der Waals surface area contributed by atoms with Gasteiger partial charge < -0.3 is 19.8 Å². The van der Waals surface area contributed by atoms with Crippen LogP contribution in [0.15, 0.2) is 5.16 Å². The van der Waals surface area contributed by atoms with Crippen molar-refractivity contribution in [2.45, 2.75) is 70.2 Å². The average molecular weight is 434 g/mol. The highest BCUT2D eigenvalue weighted by molar-refractivity contribution is 7.80. The number of alkyl carbamates (subject to hydrolysis) is 1. The molecule has 0 spiro atoms. The molecule has 2 N–H and O–H groups in total. The van der Waals surface area contributed by atoms with Crippen molar-refractivity contribution in [3.05, 3.63) is 0 Å². The third-order valence-electron chi connectivity index (χ3n) is 4.77. The van der Waals surface area contributed by atoms with Crippen molar-refractivity contribution < 1.29 is 36.4 Å². The number of oxime groups is 1. The van der Waals surface area contributed by atoms with Gasteiger partial charge in [-0.25, -0.2) is 9.59 Å². The molecule has 12 nitrogen and oxygen atoms in total. The van der Waals surface area contributed by atoms with Gasteiger partial charge in [0.15, 0.2) is 0 Å². The van der Waals surface area contributed by atoms with Crippen molar-refractivity contribution in [1.82, 2.24) is 15.3 Å². The second kappa shape index (κ2) is 7.95.